The third-order valence-corrected chi connectivity index (χ3v) is 5.21. The van der Waals surface area contributed by atoms with Gasteiger partial charge in [-0.3, -0.25) is 4.79 Å². The second-order valence-corrected chi connectivity index (χ2v) is 7.59. The topological polar surface area (TPSA) is 68.8 Å². The van der Waals surface area contributed by atoms with Crippen LogP contribution in [-0.4, -0.2) is 31.8 Å². The standard InChI is InChI=1S/C22H27ClN2O4/c1-6-28-21-9-15-8-13(3)29-19(15)11-18(21)24-14(4)22(26)25-17-7-12(2)16(23)10-20(17)27-5/h7,9-11,13-14,24H,6,8H2,1-5H3,(H,25,26)/t13-,14+/m1/s1. The van der Waals surface area contributed by atoms with Gasteiger partial charge in [0.05, 0.1) is 25.1 Å². The lowest BCUT2D eigenvalue weighted by atomic mass is 10.1. The first-order valence-corrected chi connectivity index (χ1v) is 10.1. The van der Waals surface area contributed by atoms with Crippen molar-refractivity contribution in [1.82, 2.24) is 0 Å². The monoisotopic (exact) mass is 418 g/mol. The number of ether oxygens (including phenoxy) is 3. The fraction of sp³-hybridized carbons (Fsp3) is 0.409. The number of benzene rings is 2. The molecule has 0 fully saturated rings. The Morgan fingerprint density at radius 3 is 2.72 bits per heavy atom. The molecule has 1 heterocycles. The van der Waals surface area contributed by atoms with Gasteiger partial charge in [-0.05, 0) is 45.4 Å². The average Bonchev–Trinajstić information content (AvgIpc) is 3.03. The van der Waals surface area contributed by atoms with Crippen LogP contribution in [0.5, 0.6) is 17.2 Å². The number of halogens is 1. The van der Waals surface area contributed by atoms with Crippen LogP contribution in [0.25, 0.3) is 0 Å². The molecule has 0 aliphatic carbocycles. The van der Waals surface area contributed by atoms with E-state index in [1.165, 1.54) is 7.11 Å². The molecule has 0 spiro atoms. The molecule has 3 rings (SSSR count). The molecule has 6 nitrogen and oxygen atoms in total. The first-order chi connectivity index (χ1) is 13.8. The minimum atomic E-state index is -0.522. The van der Waals surface area contributed by atoms with E-state index in [-0.39, 0.29) is 12.0 Å². The molecular weight excluding hydrogens is 392 g/mol. The third-order valence-electron chi connectivity index (χ3n) is 4.80. The number of carbonyl (C=O) groups is 1. The van der Waals surface area contributed by atoms with Crippen LogP contribution in [0.2, 0.25) is 5.02 Å². The Kier molecular flexibility index (Phi) is 6.42. The molecule has 29 heavy (non-hydrogen) atoms. The maximum absolute atomic E-state index is 12.8. The molecule has 2 N–H and O–H groups in total. The van der Waals surface area contributed by atoms with Gasteiger partial charge in [0.2, 0.25) is 5.91 Å². The van der Waals surface area contributed by atoms with Crippen molar-refractivity contribution >= 4 is 28.9 Å². The first kappa shape index (κ1) is 21.1. The molecule has 0 bridgehead atoms. The van der Waals surface area contributed by atoms with Gasteiger partial charge in [0, 0.05) is 29.1 Å². The number of nitrogens with one attached hydrogen (secondary N) is 2. The number of hydrogen-bond acceptors (Lipinski definition) is 5. The second kappa shape index (κ2) is 8.82. The molecule has 156 valence electrons. The van der Waals surface area contributed by atoms with Crippen molar-refractivity contribution in [2.45, 2.75) is 46.3 Å². The molecule has 1 aliphatic rings. The van der Waals surface area contributed by atoms with Crippen LogP contribution in [0, 0.1) is 6.92 Å². The lowest BCUT2D eigenvalue weighted by molar-refractivity contribution is -0.116. The Balaban J connectivity index is 1.78. The highest BCUT2D eigenvalue weighted by molar-refractivity contribution is 6.31. The molecule has 0 saturated heterocycles. The van der Waals surface area contributed by atoms with E-state index in [0.717, 1.165) is 29.0 Å². The highest BCUT2D eigenvalue weighted by Crippen LogP contribution is 2.38. The normalized spacial score (nSPS) is 15.9. The molecule has 2 aromatic rings. The van der Waals surface area contributed by atoms with Crippen LogP contribution in [0.3, 0.4) is 0 Å². The number of hydrogen-bond donors (Lipinski definition) is 2. The Hall–Kier alpha value is -2.60. The molecule has 0 saturated carbocycles. The third kappa shape index (κ3) is 4.70. The summed E-state index contributed by atoms with van der Waals surface area (Å²) >= 11 is 6.14. The van der Waals surface area contributed by atoms with E-state index in [9.17, 15) is 4.79 Å². The van der Waals surface area contributed by atoms with Gasteiger partial charge in [0.1, 0.15) is 29.4 Å². The van der Waals surface area contributed by atoms with E-state index in [1.807, 2.05) is 32.9 Å². The smallest absolute Gasteiger partial charge is 0.246 e. The quantitative estimate of drug-likeness (QED) is 0.674. The van der Waals surface area contributed by atoms with Crippen molar-refractivity contribution in [1.29, 1.82) is 0 Å². The zero-order chi connectivity index (χ0) is 21.1. The molecule has 7 heteroatoms. The summed E-state index contributed by atoms with van der Waals surface area (Å²) in [5, 5.41) is 6.73. The van der Waals surface area contributed by atoms with E-state index in [1.54, 1.807) is 19.1 Å². The minimum absolute atomic E-state index is 0.135. The van der Waals surface area contributed by atoms with E-state index in [2.05, 4.69) is 10.6 Å². The van der Waals surface area contributed by atoms with Gasteiger partial charge in [-0.1, -0.05) is 11.6 Å². The van der Waals surface area contributed by atoms with Gasteiger partial charge in [0.15, 0.2) is 0 Å². The van der Waals surface area contributed by atoms with E-state index >= 15 is 0 Å². The second-order valence-electron chi connectivity index (χ2n) is 7.18. The number of anilines is 2. The summed E-state index contributed by atoms with van der Waals surface area (Å²) in [6.07, 6.45) is 0.984. The molecule has 0 unspecified atom stereocenters. The van der Waals surface area contributed by atoms with Crippen molar-refractivity contribution in [2.75, 3.05) is 24.4 Å². The molecule has 2 atom stereocenters. The van der Waals surface area contributed by atoms with Crippen molar-refractivity contribution in [3.63, 3.8) is 0 Å². The molecular formula is C22H27ClN2O4. The van der Waals surface area contributed by atoms with Crippen molar-refractivity contribution < 1.29 is 19.0 Å². The van der Waals surface area contributed by atoms with Crippen molar-refractivity contribution in [3.05, 3.63) is 40.4 Å². The number of rotatable bonds is 7. The van der Waals surface area contributed by atoms with Gasteiger partial charge in [-0.2, -0.15) is 0 Å². The van der Waals surface area contributed by atoms with Gasteiger partial charge in [-0.15, -0.1) is 0 Å². The maximum Gasteiger partial charge on any atom is 0.246 e. The van der Waals surface area contributed by atoms with E-state index < -0.39 is 6.04 Å². The predicted octanol–water partition coefficient (Wildman–Crippen LogP) is 4.82. The zero-order valence-electron chi connectivity index (χ0n) is 17.4. The number of amides is 1. The summed E-state index contributed by atoms with van der Waals surface area (Å²) in [7, 11) is 1.54. The number of aryl methyl sites for hydroxylation is 1. The van der Waals surface area contributed by atoms with Gasteiger partial charge in [0.25, 0.3) is 0 Å². The first-order valence-electron chi connectivity index (χ1n) is 9.70. The van der Waals surface area contributed by atoms with E-state index in [0.29, 0.717) is 28.8 Å². The Morgan fingerprint density at radius 1 is 1.28 bits per heavy atom. The molecule has 2 aromatic carbocycles. The number of methoxy groups -OCH3 is 1. The summed E-state index contributed by atoms with van der Waals surface area (Å²) in [6.45, 7) is 8.16. The number of carbonyl (C=O) groups excluding carboxylic acids is 1. The highest BCUT2D eigenvalue weighted by Gasteiger charge is 2.24. The predicted molar refractivity (Wildman–Crippen MR) is 116 cm³/mol. The fourth-order valence-corrected chi connectivity index (χ4v) is 3.45. The molecule has 1 aliphatic heterocycles. The van der Waals surface area contributed by atoms with Gasteiger partial charge >= 0.3 is 0 Å². The van der Waals surface area contributed by atoms with Crippen LogP contribution in [0.15, 0.2) is 24.3 Å². The van der Waals surface area contributed by atoms with Crippen LogP contribution in [-0.2, 0) is 11.2 Å². The maximum atomic E-state index is 12.8. The fourth-order valence-electron chi connectivity index (χ4n) is 3.30. The Bertz CT molecular complexity index is 916. The van der Waals surface area contributed by atoms with Crippen molar-refractivity contribution in [3.8, 4) is 17.2 Å². The zero-order valence-corrected chi connectivity index (χ0v) is 18.1. The summed E-state index contributed by atoms with van der Waals surface area (Å²) < 4.78 is 17.0. The summed E-state index contributed by atoms with van der Waals surface area (Å²) in [5.74, 6) is 1.84. The minimum Gasteiger partial charge on any atom is -0.495 e. The Morgan fingerprint density at radius 2 is 2.03 bits per heavy atom. The van der Waals surface area contributed by atoms with Crippen LogP contribution >= 0.6 is 11.6 Å². The van der Waals surface area contributed by atoms with Gasteiger partial charge < -0.3 is 24.8 Å². The largest absolute Gasteiger partial charge is 0.495 e. The summed E-state index contributed by atoms with van der Waals surface area (Å²) in [5.41, 5.74) is 3.27. The molecule has 1 amide bonds. The van der Waals surface area contributed by atoms with Crippen LogP contribution in [0.1, 0.15) is 31.9 Å². The summed E-state index contributed by atoms with van der Waals surface area (Å²) in [6, 6.07) is 6.85. The Labute approximate surface area is 176 Å². The van der Waals surface area contributed by atoms with Crippen LogP contribution in [0.4, 0.5) is 11.4 Å². The average molecular weight is 419 g/mol. The SMILES string of the molecule is CCOc1cc2c(cc1N[C@@H](C)C(=O)Nc1cc(C)c(Cl)cc1OC)O[C@H](C)C2. The van der Waals surface area contributed by atoms with Crippen molar-refractivity contribution in [2.24, 2.45) is 0 Å². The molecule has 0 radical (unpaired) electrons. The lowest BCUT2D eigenvalue weighted by Gasteiger charge is -2.20. The van der Waals surface area contributed by atoms with Crippen LogP contribution < -0.4 is 24.8 Å². The number of fused-ring (bicyclic) bond motifs is 1. The molecule has 0 aromatic heterocycles. The highest BCUT2D eigenvalue weighted by atomic mass is 35.5. The van der Waals surface area contributed by atoms with Gasteiger partial charge in [-0.25, -0.2) is 0 Å². The lowest BCUT2D eigenvalue weighted by Crippen LogP contribution is -2.32. The van der Waals surface area contributed by atoms with E-state index in [4.69, 9.17) is 25.8 Å². The summed E-state index contributed by atoms with van der Waals surface area (Å²) in [4.78, 5) is 12.8.